The average Bonchev–Trinajstić information content (AvgIpc) is 3.32. The van der Waals surface area contributed by atoms with Gasteiger partial charge in [0.1, 0.15) is 5.82 Å². The van der Waals surface area contributed by atoms with E-state index < -0.39 is 23.4 Å². The van der Waals surface area contributed by atoms with Crippen molar-refractivity contribution in [3.63, 3.8) is 0 Å². The second-order valence-corrected chi connectivity index (χ2v) is 6.99. The minimum Gasteiger partial charge on any atom is -0.386 e. The Balaban J connectivity index is 1.62. The van der Waals surface area contributed by atoms with Crippen molar-refractivity contribution in [3.05, 3.63) is 75.2 Å². The van der Waals surface area contributed by atoms with E-state index in [1.165, 1.54) is 37.5 Å². The summed E-state index contributed by atoms with van der Waals surface area (Å²) in [4.78, 5) is 15.4. The maximum Gasteiger partial charge on any atom is 0.437 e. The number of aryl methyl sites for hydroxylation is 1. The summed E-state index contributed by atoms with van der Waals surface area (Å²) in [6.45, 7) is 0.0466. The van der Waals surface area contributed by atoms with Gasteiger partial charge in [0.15, 0.2) is 17.2 Å². The van der Waals surface area contributed by atoms with Crippen molar-refractivity contribution in [2.45, 2.75) is 12.7 Å². The van der Waals surface area contributed by atoms with E-state index in [1.54, 1.807) is 6.07 Å². The molecule has 4 rings (SSSR count). The Hall–Kier alpha value is -3.67. The van der Waals surface area contributed by atoms with Crippen LogP contribution in [-0.4, -0.2) is 24.5 Å². The van der Waals surface area contributed by atoms with Crippen molar-refractivity contribution in [3.8, 4) is 17.4 Å². The van der Waals surface area contributed by atoms with E-state index in [2.05, 4.69) is 20.5 Å². The molecule has 3 heterocycles. The molecule has 0 saturated heterocycles. The number of hydrogen-bond donors (Lipinski definition) is 1. The molecule has 0 atom stereocenters. The highest BCUT2D eigenvalue weighted by molar-refractivity contribution is 6.31. The van der Waals surface area contributed by atoms with Gasteiger partial charge in [-0.1, -0.05) is 17.7 Å². The number of benzene rings is 1. The fourth-order valence-electron chi connectivity index (χ4n) is 2.82. The van der Waals surface area contributed by atoms with Crippen molar-refractivity contribution in [2.24, 2.45) is 7.05 Å². The molecule has 13 heteroatoms. The number of halogens is 5. The number of anilines is 1. The Morgan fingerprint density at radius 1 is 1.19 bits per heavy atom. The van der Waals surface area contributed by atoms with Crippen LogP contribution in [0.15, 0.2) is 51.8 Å². The average molecular weight is 469 g/mol. The molecular formula is C19H13ClF4N6O2. The topological polar surface area (TPSA) is 90.8 Å². The quantitative estimate of drug-likeness (QED) is 0.444. The van der Waals surface area contributed by atoms with Gasteiger partial charge in [0.05, 0.1) is 11.9 Å². The van der Waals surface area contributed by atoms with Gasteiger partial charge in [0.25, 0.3) is 5.89 Å². The van der Waals surface area contributed by atoms with Gasteiger partial charge in [-0.2, -0.15) is 23.0 Å². The third-order valence-electron chi connectivity index (χ3n) is 4.40. The van der Waals surface area contributed by atoms with Crippen LogP contribution < -0.4 is 11.1 Å². The van der Waals surface area contributed by atoms with Crippen LogP contribution >= 0.6 is 11.6 Å². The fraction of sp³-hybridized carbons (Fsp3) is 0.158. The van der Waals surface area contributed by atoms with E-state index in [4.69, 9.17) is 16.0 Å². The van der Waals surface area contributed by atoms with Crippen LogP contribution in [-0.2, 0) is 19.8 Å². The molecule has 0 radical (unpaired) electrons. The zero-order valence-electron chi connectivity index (χ0n) is 16.2. The predicted molar refractivity (Wildman–Crippen MR) is 106 cm³/mol. The van der Waals surface area contributed by atoms with Crippen LogP contribution in [0.2, 0.25) is 5.02 Å². The second-order valence-electron chi connectivity index (χ2n) is 6.58. The summed E-state index contributed by atoms with van der Waals surface area (Å²) in [5.74, 6) is -1.83. The van der Waals surface area contributed by atoms with Crippen LogP contribution in [0.1, 0.15) is 11.3 Å². The number of pyridine rings is 1. The van der Waals surface area contributed by atoms with Crippen LogP contribution in [0.4, 0.5) is 23.2 Å². The van der Waals surface area contributed by atoms with E-state index in [0.29, 0.717) is 16.4 Å². The first-order chi connectivity index (χ1) is 15.1. The van der Waals surface area contributed by atoms with Crippen LogP contribution in [0.5, 0.6) is 0 Å². The lowest BCUT2D eigenvalue weighted by molar-refractivity contribution is -0.142. The summed E-state index contributed by atoms with van der Waals surface area (Å²) >= 11 is 5.98. The molecule has 0 bridgehead atoms. The van der Waals surface area contributed by atoms with Gasteiger partial charge < -0.3 is 9.73 Å². The molecule has 0 saturated carbocycles. The molecule has 0 spiro atoms. The molecule has 1 N–H and O–H groups in total. The summed E-state index contributed by atoms with van der Waals surface area (Å²) in [5, 5.41) is 10.7. The zero-order chi connectivity index (χ0) is 23.0. The number of aromatic nitrogens is 5. The molecule has 1 aromatic carbocycles. The lowest BCUT2D eigenvalue weighted by Gasteiger charge is -2.11. The van der Waals surface area contributed by atoms with Gasteiger partial charge in [-0.25, -0.2) is 18.9 Å². The van der Waals surface area contributed by atoms with E-state index in [-0.39, 0.29) is 34.5 Å². The van der Waals surface area contributed by atoms with Crippen molar-refractivity contribution >= 4 is 17.3 Å². The first-order valence-electron chi connectivity index (χ1n) is 8.98. The molecule has 0 aliphatic heterocycles. The minimum absolute atomic E-state index is 0.0466. The second kappa shape index (κ2) is 8.11. The largest absolute Gasteiger partial charge is 0.437 e. The van der Waals surface area contributed by atoms with E-state index >= 15 is 0 Å². The van der Waals surface area contributed by atoms with E-state index in [9.17, 15) is 22.4 Å². The number of alkyl halides is 3. The maximum absolute atomic E-state index is 13.9. The molecule has 0 amide bonds. The van der Waals surface area contributed by atoms with Crippen molar-refractivity contribution in [2.75, 3.05) is 5.32 Å². The zero-order valence-corrected chi connectivity index (χ0v) is 16.9. The van der Waals surface area contributed by atoms with Gasteiger partial charge in [0, 0.05) is 30.2 Å². The molecule has 3 aromatic heterocycles. The molecule has 32 heavy (non-hydrogen) atoms. The standard InChI is InChI=1S/C19H13ClF4N6O2/c1-29-18(31)32-17(28-29)14-7-15(19(22,23)24)30(27-14)16-6-5-10(8-26-16)25-9-11-12(20)3-2-4-13(11)21/h2-8,25H,9H2,1H3. The third kappa shape index (κ3) is 4.21. The number of hydrogen-bond acceptors (Lipinski definition) is 6. The number of nitrogens with one attached hydrogen (secondary N) is 1. The Morgan fingerprint density at radius 2 is 1.97 bits per heavy atom. The van der Waals surface area contributed by atoms with Gasteiger partial charge in [0.2, 0.25) is 0 Å². The number of rotatable bonds is 5. The van der Waals surface area contributed by atoms with Crippen LogP contribution in [0, 0.1) is 5.82 Å². The highest BCUT2D eigenvalue weighted by atomic mass is 35.5. The van der Waals surface area contributed by atoms with Crippen molar-refractivity contribution in [1.29, 1.82) is 0 Å². The first kappa shape index (κ1) is 21.6. The molecule has 8 nitrogen and oxygen atoms in total. The smallest absolute Gasteiger partial charge is 0.386 e. The molecule has 0 aliphatic rings. The molecule has 0 fully saturated rings. The van der Waals surface area contributed by atoms with E-state index in [1.807, 2.05) is 0 Å². The summed E-state index contributed by atoms with van der Waals surface area (Å²) in [6.07, 6.45) is -3.49. The minimum atomic E-state index is -4.76. The SMILES string of the molecule is Cn1nc(-c2cc(C(F)(F)F)n(-c3ccc(NCc4c(F)cccc4Cl)cn3)n2)oc1=O. The Kier molecular flexibility index (Phi) is 5.46. The highest BCUT2D eigenvalue weighted by Gasteiger charge is 2.37. The molecular weight excluding hydrogens is 456 g/mol. The molecule has 0 aliphatic carbocycles. The molecule has 0 unspecified atom stereocenters. The fourth-order valence-corrected chi connectivity index (χ4v) is 3.05. The third-order valence-corrected chi connectivity index (χ3v) is 4.76. The highest BCUT2D eigenvalue weighted by Crippen LogP contribution is 2.33. The van der Waals surface area contributed by atoms with Gasteiger partial charge >= 0.3 is 11.9 Å². The van der Waals surface area contributed by atoms with Gasteiger partial charge in [-0.3, -0.25) is 0 Å². The Labute approximate surface area is 182 Å². The van der Waals surface area contributed by atoms with Crippen molar-refractivity contribution in [1.82, 2.24) is 24.5 Å². The summed E-state index contributed by atoms with van der Waals surface area (Å²) in [5.41, 5.74) is -0.753. The lowest BCUT2D eigenvalue weighted by Crippen LogP contribution is -2.14. The number of nitrogens with zero attached hydrogens (tertiary/aromatic N) is 5. The summed E-state index contributed by atoms with van der Waals surface area (Å²) in [6, 6.07) is 7.75. The van der Waals surface area contributed by atoms with Gasteiger partial charge in [-0.05, 0) is 24.3 Å². The van der Waals surface area contributed by atoms with Gasteiger partial charge in [-0.15, -0.1) is 5.10 Å². The van der Waals surface area contributed by atoms with E-state index in [0.717, 1.165) is 4.68 Å². The van der Waals surface area contributed by atoms with Crippen molar-refractivity contribution < 1.29 is 22.0 Å². The molecule has 4 aromatic rings. The Bertz CT molecular complexity index is 1310. The van der Waals surface area contributed by atoms with Crippen LogP contribution in [0.3, 0.4) is 0 Å². The maximum atomic E-state index is 13.9. The Morgan fingerprint density at radius 3 is 2.56 bits per heavy atom. The molecule has 166 valence electrons. The summed E-state index contributed by atoms with van der Waals surface area (Å²) < 4.78 is 60.7. The predicted octanol–water partition coefficient (Wildman–Crippen LogP) is 4.04. The monoisotopic (exact) mass is 468 g/mol. The summed E-state index contributed by atoms with van der Waals surface area (Å²) in [7, 11) is 1.29. The van der Waals surface area contributed by atoms with Crippen LogP contribution in [0.25, 0.3) is 17.4 Å². The normalized spacial score (nSPS) is 11.7. The lowest BCUT2D eigenvalue weighted by atomic mass is 10.2. The first-order valence-corrected chi connectivity index (χ1v) is 9.36.